The summed E-state index contributed by atoms with van der Waals surface area (Å²) < 4.78 is 40.8. The topological polar surface area (TPSA) is 57.5 Å². The molecule has 0 radical (unpaired) electrons. The number of hydrogen-bond acceptors (Lipinski definition) is 2. The van der Waals surface area contributed by atoms with Crippen molar-refractivity contribution in [3.8, 4) is 11.1 Å². The molecule has 0 saturated heterocycles. The van der Waals surface area contributed by atoms with Gasteiger partial charge in [-0.2, -0.15) is 13.2 Å². The van der Waals surface area contributed by atoms with Gasteiger partial charge >= 0.3 is 12.1 Å². The SMILES string of the molecule is C=C(/C=C(C(=O)O)\C(O)=C/C)c1ccc(-c2ccc(Cl)cc2)c(C(F)(F)F)c1. The molecule has 7 heteroatoms. The Labute approximate surface area is 164 Å². The predicted octanol–water partition coefficient (Wildman–Crippen LogP) is 6.51. The Balaban J connectivity index is 2.57. The fraction of sp³-hybridized carbons (Fsp3) is 0.0952. The molecule has 0 unspecified atom stereocenters. The van der Waals surface area contributed by atoms with Crippen molar-refractivity contribution in [1.82, 2.24) is 0 Å². The molecule has 0 bridgehead atoms. The standard InChI is InChI=1S/C21H16ClF3O3/c1-3-19(26)17(20(27)28)10-12(2)14-6-9-16(18(11-14)21(23,24)25)13-4-7-15(22)8-5-13/h3-11,26H,2H2,1H3,(H,27,28)/b17-10+,19-3+. The normalized spacial score (nSPS) is 12.8. The van der Waals surface area contributed by atoms with Crippen molar-refractivity contribution in [3.05, 3.63) is 88.7 Å². The number of benzene rings is 2. The Morgan fingerprint density at radius 2 is 1.71 bits per heavy atom. The number of carboxylic acids is 1. The fourth-order valence-electron chi connectivity index (χ4n) is 2.52. The van der Waals surface area contributed by atoms with E-state index in [1.165, 1.54) is 43.3 Å². The molecule has 28 heavy (non-hydrogen) atoms. The lowest BCUT2D eigenvalue weighted by atomic mass is 9.94. The van der Waals surface area contributed by atoms with Crippen molar-refractivity contribution in [2.75, 3.05) is 0 Å². The van der Waals surface area contributed by atoms with E-state index >= 15 is 0 Å². The molecule has 0 saturated carbocycles. The molecule has 0 aliphatic rings. The van der Waals surface area contributed by atoms with E-state index in [-0.39, 0.29) is 16.7 Å². The van der Waals surface area contributed by atoms with Gasteiger partial charge in [-0.15, -0.1) is 0 Å². The molecule has 3 nitrogen and oxygen atoms in total. The van der Waals surface area contributed by atoms with E-state index < -0.39 is 29.0 Å². The fourth-order valence-corrected chi connectivity index (χ4v) is 2.64. The van der Waals surface area contributed by atoms with Gasteiger partial charge in [-0.25, -0.2) is 4.79 Å². The molecule has 0 fully saturated rings. The number of aliphatic hydroxyl groups excluding tert-OH is 1. The van der Waals surface area contributed by atoms with Crippen LogP contribution in [0.2, 0.25) is 5.02 Å². The van der Waals surface area contributed by atoms with Crippen LogP contribution >= 0.6 is 11.6 Å². The third kappa shape index (κ3) is 4.84. The molecule has 0 amide bonds. The second kappa shape index (κ2) is 8.35. The lowest BCUT2D eigenvalue weighted by Crippen LogP contribution is -2.08. The van der Waals surface area contributed by atoms with E-state index in [0.29, 0.717) is 10.6 Å². The van der Waals surface area contributed by atoms with Gasteiger partial charge in [0.1, 0.15) is 11.3 Å². The minimum absolute atomic E-state index is 0.0129. The molecular formula is C21H16ClF3O3. The Bertz CT molecular complexity index is 971. The van der Waals surface area contributed by atoms with Crippen LogP contribution in [0.15, 0.2) is 72.5 Å². The zero-order valence-electron chi connectivity index (χ0n) is 14.7. The first-order valence-corrected chi connectivity index (χ1v) is 8.39. The van der Waals surface area contributed by atoms with E-state index in [4.69, 9.17) is 16.7 Å². The van der Waals surface area contributed by atoms with Crippen molar-refractivity contribution in [1.29, 1.82) is 0 Å². The predicted molar refractivity (Wildman–Crippen MR) is 103 cm³/mol. The average molecular weight is 409 g/mol. The number of carboxylic acid groups (broad SMARTS) is 1. The summed E-state index contributed by atoms with van der Waals surface area (Å²) in [5.41, 5.74) is -0.981. The van der Waals surface area contributed by atoms with Crippen LogP contribution in [0, 0.1) is 0 Å². The number of aliphatic carboxylic acids is 1. The van der Waals surface area contributed by atoms with Gasteiger partial charge in [0.05, 0.1) is 5.56 Å². The summed E-state index contributed by atoms with van der Waals surface area (Å²) in [4.78, 5) is 11.3. The van der Waals surface area contributed by atoms with Crippen molar-refractivity contribution in [2.24, 2.45) is 0 Å². The van der Waals surface area contributed by atoms with E-state index in [0.717, 1.165) is 18.2 Å². The van der Waals surface area contributed by atoms with Gasteiger partial charge in [0, 0.05) is 5.02 Å². The Morgan fingerprint density at radius 1 is 1.11 bits per heavy atom. The molecule has 0 heterocycles. The first-order valence-electron chi connectivity index (χ1n) is 8.01. The van der Waals surface area contributed by atoms with Crippen LogP contribution < -0.4 is 0 Å². The van der Waals surface area contributed by atoms with E-state index in [2.05, 4.69) is 6.58 Å². The van der Waals surface area contributed by atoms with Gasteiger partial charge in [-0.05, 0) is 59.5 Å². The van der Waals surface area contributed by atoms with Crippen LogP contribution in [-0.2, 0) is 11.0 Å². The number of allylic oxidation sites excluding steroid dienone is 3. The molecule has 0 aliphatic heterocycles. The lowest BCUT2D eigenvalue weighted by molar-refractivity contribution is -0.137. The summed E-state index contributed by atoms with van der Waals surface area (Å²) in [5.74, 6) is -1.94. The zero-order valence-corrected chi connectivity index (χ0v) is 15.5. The Morgan fingerprint density at radius 3 is 2.21 bits per heavy atom. The minimum atomic E-state index is -4.64. The molecule has 0 atom stereocenters. The van der Waals surface area contributed by atoms with Gasteiger partial charge in [0.2, 0.25) is 0 Å². The summed E-state index contributed by atoms with van der Waals surface area (Å²) in [5, 5.41) is 19.2. The van der Waals surface area contributed by atoms with Crippen LogP contribution in [0.3, 0.4) is 0 Å². The number of hydrogen-bond donors (Lipinski definition) is 2. The minimum Gasteiger partial charge on any atom is -0.507 e. The molecule has 2 rings (SSSR count). The molecular weight excluding hydrogens is 393 g/mol. The quantitative estimate of drug-likeness (QED) is 0.337. The Kier molecular flexibility index (Phi) is 6.36. The first-order chi connectivity index (χ1) is 13.0. The third-order valence-electron chi connectivity index (χ3n) is 3.95. The second-order valence-electron chi connectivity index (χ2n) is 5.83. The first kappa shape index (κ1) is 21.3. The van der Waals surface area contributed by atoms with Crippen LogP contribution in [0.1, 0.15) is 18.1 Å². The van der Waals surface area contributed by atoms with Gasteiger partial charge in [0.25, 0.3) is 0 Å². The number of halogens is 4. The molecule has 2 aromatic carbocycles. The number of aliphatic hydroxyl groups is 1. The van der Waals surface area contributed by atoms with Gasteiger partial charge in [-0.3, -0.25) is 0 Å². The number of rotatable bonds is 5. The highest BCUT2D eigenvalue weighted by Crippen LogP contribution is 2.39. The highest BCUT2D eigenvalue weighted by atomic mass is 35.5. The van der Waals surface area contributed by atoms with E-state index in [9.17, 15) is 23.1 Å². The molecule has 2 aromatic rings. The maximum Gasteiger partial charge on any atom is 0.417 e. The van der Waals surface area contributed by atoms with Crippen LogP contribution in [-0.4, -0.2) is 16.2 Å². The van der Waals surface area contributed by atoms with Crippen molar-refractivity contribution < 1.29 is 28.2 Å². The lowest BCUT2D eigenvalue weighted by Gasteiger charge is -2.15. The highest BCUT2D eigenvalue weighted by molar-refractivity contribution is 6.30. The average Bonchev–Trinajstić information content (AvgIpc) is 2.64. The molecule has 0 aromatic heterocycles. The molecule has 0 spiro atoms. The van der Waals surface area contributed by atoms with Gasteiger partial charge < -0.3 is 10.2 Å². The van der Waals surface area contributed by atoms with Crippen LogP contribution in [0.4, 0.5) is 13.2 Å². The summed E-state index contributed by atoms with van der Waals surface area (Å²) in [6.45, 7) is 5.07. The Hall–Kier alpha value is -2.99. The number of carbonyl (C=O) groups is 1. The van der Waals surface area contributed by atoms with Gasteiger partial charge in [-0.1, -0.05) is 42.4 Å². The van der Waals surface area contributed by atoms with Crippen molar-refractivity contribution >= 4 is 23.1 Å². The van der Waals surface area contributed by atoms with E-state index in [1.54, 1.807) is 0 Å². The summed E-state index contributed by atoms with van der Waals surface area (Å²) in [7, 11) is 0. The largest absolute Gasteiger partial charge is 0.507 e. The van der Waals surface area contributed by atoms with E-state index in [1.807, 2.05) is 0 Å². The highest BCUT2D eigenvalue weighted by Gasteiger charge is 2.34. The maximum absolute atomic E-state index is 13.6. The molecule has 0 aliphatic carbocycles. The smallest absolute Gasteiger partial charge is 0.417 e. The summed E-state index contributed by atoms with van der Waals surface area (Å²) in [6, 6.07) is 9.54. The van der Waals surface area contributed by atoms with Crippen molar-refractivity contribution in [3.63, 3.8) is 0 Å². The maximum atomic E-state index is 13.6. The van der Waals surface area contributed by atoms with Crippen molar-refractivity contribution in [2.45, 2.75) is 13.1 Å². The molecule has 2 N–H and O–H groups in total. The van der Waals surface area contributed by atoms with Crippen LogP contribution in [0.25, 0.3) is 16.7 Å². The monoisotopic (exact) mass is 408 g/mol. The van der Waals surface area contributed by atoms with Crippen LogP contribution in [0.5, 0.6) is 0 Å². The second-order valence-corrected chi connectivity index (χ2v) is 6.26. The third-order valence-corrected chi connectivity index (χ3v) is 4.20. The van der Waals surface area contributed by atoms with Gasteiger partial charge in [0.15, 0.2) is 0 Å². The summed E-state index contributed by atoms with van der Waals surface area (Å²) in [6.07, 6.45) is -2.46. The molecule has 146 valence electrons. The number of alkyl halides is 3. The zero-order chi connectivity index (χ0) is 21.1. The summed E-state index contributed by atoms with van der Waals surface area (Å²) >= 11 is 5.79.